The molecule has 0 aliphatic carbocycles. The van der Waals surface area contributed by atoms with E-state index in [9.17, 15) is 44.4 Å². The highest BCUT2D eigenvalue weighted by molar-refractivity contribution is 8.00. The van der Waals surface area contributed by atoms with Gasteiger partial charge in [0.1, 0.15) is 28.5 Å². The number of nitrogens with two attached hydrogens (primary N) is 1. The summed E-state index contributed by atoms with van der Waals surface area (Å²) in [4.78, 5) is 76.3. The van der Waals surface area contributed by atoms with Crippen molar-refractivity contribution in [1.29, 1.82) is 0 Å². The van der Waals surface area contributed by atoms with E-state index in [2.05, 4.69) is 15.5 Å². The number of thiazole rings is 1. The molecule has 0 saturated carbocycles. The van der Waals surface area contributed by atoms with Crippen molar-refractivity contribution in [3.63, 3.8) is 0 Å². The number of carbonyl (C=O) groups is 5. The first-order valence-corrected chi connectivity index (χ1v) is 18.0. The van der Waals surface area contributed by atoms with Crippen LogP contribution in [0.25, 0.3) is 0 Å². The second-order valence-electron chi connectivity index (χ2n) is 11.8. The minimum Gasteiger partial charge on any atom is -0.504 e. The predicted molar refractivity (Wildman–Crippen MR) is 187 cm³/mol. The summed E-state index contributed by atoms with van der Waals surface area (Å²) in [6.45, 7) is 1.98. The molecule has 2 aromatic heterocycles. The lowest BCUT2D eigenvalue weighted by molar-refractivity contribution is -0.695. The number of carbonyl (C=O) groups excluding carboxylic acids is 3. The average Bonchev–Trinajstić information content (AvgIpc) is 3.55. The number of β-lactam (4-membered cyclic amide) rings is 1. The number of hydrogen-bond acceptors (Lipinski definition) is 13. The lowest BCUT2D eigenvalue weighted by Crippen LogP contribution is -2.71. The lowest BCUT2D eigenvalue weighted by atomic mass is 10.0. The number of phenols is 2. The van der Waals surface area contributed by atoms with Gasteiger partial charge in [0.2, 0.25) is 11.8 Å². The van der Waals surface area contributed by atoms with Gasteiger partial charge in [-0.1, -0.05) is 23.7 Å². The number of anilines is 2. The third-order valence-electron chi connectivity index (χ3n) is 8.61. The number of nitrogens with one attached hydrogen (secondary N) is 1. The number of thioether (sulfide) groups is 1. The molecule has 3 atom stereocenters. The second kappa shape index (κ2) is 14.7. The summed E-state index contributed by atoms with van der Waals surface area (Å²) in [7, 11) is 0. The van der Waals surface area contributed by atoms with Crippen LogP contribution in [-0.2, 0) is 37.0 Å². The van der Waals surface area contributed by atoms with E-state index in [0.717, 1.165) is 21.9 Å². The van der Waals surface area contributed by atoms with Gasteiger partial charge in [0.15, 0.2) is 35.1 Å². The Morgan fingerprint density at radius 2 is 2.00 bits per heavy atom. The van der Waals surface area contributed by atoms with E-state index in [1.807, 2.05) is 4.57 Å². The van der Waals surface area contributed by atoms with E-state index < -0.39 is 64.4 Å². The number of hydrogen-bond donors (Lipinski definition) is 6. The SMILES string of the molecule is CC[C@H](O/N=C(\C(=O)N[C@@H]1C(=O)N2C(C(=O)O)=C(C[n+]3cccc4c3CCCN4C(=O)c3ccc(O)c(O)c3Cl)CS[C@H]12)c1csc(N)n1)C(=O)O. The summed E-state index contributed by atoms with van der Waals surface area (Å²) < 4.78 is 1.82. The molecule has 0 radical (unpaired) electrons. The predicted octanol–water partition coefficient (Wildman–Crippen LogP) is 1.69. The molecule has 1 fully saturated rings. The van der Waals surface area contributed by atoms with Gasteiger partial charge >= 0.3 is 11.9 Å². The van der Waals surface area contributed by atoms with Crippen LogP contribution in [0.1, 0.15) is 41.5 Å². The molecule has 0 bridgehead atoms. The number of fused-ring (bicyclic) bond motifs is 2. The molecule has 7 N–H and O–H groups in total. The van der Waals surface area contributed by atoms with Gasteiger partial charge in [0.25, 0.3) is 17.7 Å². The van der Waals surface area contributed by atoms with Crippen molar-refractivity contribution in [2.75, 3.05) is 22.9 Å². The van der Waals surface area contributed by atoms with Crippen LogP contribution in [0.5, 0.6) is 11.5 Å². The number of benzene rings is 1. The summed E-state index contributed by atoms with van der Waals surface area (Å²) in [6.07, 6.45) is 1.57. The van der Waals surface area contributed by atoms with Gasteiger partial charge in [-0.25, -0.2) is 14.6 Å². The fourth-order valence-corrected chi connectivity index (χ4v) is 8.19. The molecule has 17 nitrogen and oxygen atoms in total. The Labute approximate surface area is 307 Å². The van der Waals surface area contributed by atoms with Crippen molar-refractivity contribution in [1.82, 2.24) is 15.2 Å². The van der Waals surface area contributed by atoms with Gasteiger partial charge in [-0.3, -0.25) is 19.3 Å². The maximum absolute atomic E-state index is 13.6. The molecule has 1 aromatic carbocycles. The van der Waals surface area contributed by atoms with E-state index in [-0.39, 0.29) is 45.8 Å². The van der Waals surface area contributed by atoms with E-state index in [1.165, 1.54) is 34.2 Å². The van der Waals surface area contributed by atoms with Crippen molar-refractivity contribution in [2.45, 2.75) is 50.3 Å². The fourth-order valence-electron chi connectivity index (χ4n) is 6.07. The highest BCUT2D eigenvalue weighted by Gasteiger charge is 2.55. The Balaban J connectivity index is 1.23. The number of aromatic hydroxyl groups is 2. The van der Waals surface area contributed by atoms with Crippen LogP contribution in [0.4, 0.5) is 10.8 Å². The van der Waals surface area contributed by atoms with Crippen LogP contribution < -0.4 is 20.5 Å². The molecule has 3 amide bonds. The molecule has 0 unspecified atom stereocenters. The minimum atomic E-state index is -1.35. The van der Waals surface area contributed by atoms with E-state index in [0.29, 0.717) is 30.6 Å². The largest absolute Gasteiger partial charge is 0.504 e. The smallest absolute Gasteiger partial charge is 0.352 e. The fraction of sp³-hybridized carbons (Fsp3) is 0.312. The van der Waals surface area contributed by atoms with Gasteiger partial charge in [0, 0.05) is 35.7 Å². The first kappa shape index (κ1) is 36.4. The van der Waals surface area contributed by atoms with Crippen LogP contribution >= 0.6 is 34.7 Å². The molecule has 52 heavy (non-hydrogen) atoms. The van der Waals surface area contributed by atoms with Crippen LogP contribution in [0.3, 0.4) is 0 Å². The topological polar surface area (TPSA) is 249 Å². The van der Waals surface area contributed by atoms with Gasteiger partial charge in [-0.15, -0.1) is 23.1 Å². The van der Waals surface area contributed by atoms with E-state index in [1.54, 1.807) is 25.3 Å². The number of oxime groups is 1. The second-order valence-corrected chi connectivity index (χ2v) is 14.2. The summed E-state index contributed by atoms with van der Waals surface area (Å²) >= 11 is 8.45. The zero-order valence-corrected chi connectivity index (χ0v) is 29.6. The summed E-state index contributed by atoms with van der Waals surface area (Å²) in [5, 5.41) is 46.3. The maximum Gasteiger partial charge on any atom is 0.352 e. The van der Waals surface area contributed by atoms with Crippen molar-refractivity contribution in [3.05, 3.63) is 69.1 Å². The third-order valence-corrected chi connectivity index (χ3v) is 11.0. The van der Waals surface area contributed by atoms with Crippen molar-refractivity contribution in [3.8, 4) is 11.5 Å². The number of amides is 3. The van der Waals surface area contributed by atoms with Crippen LogP contribution in [0.2, 0.25) is 5.02 Å². The molecule has 20 heteroatoms. The summed E-state index contributed by atoms with van der Waals surface area (Å²) in [5.74, 6) is -5.59. The highest BCUT2D eigenvalue weighted by Crippen LogP contribution is 2.41. The monoisotopic (exact) mass is 772 g/mol. The Morgan fingerprint density at radius 1 is 1.23 bits per heavy atom. The number of aromatic nitrogens is 2. The zero-order chi connectivity index (χ0) is 37.4. The van der Waals surface area contributed by atoms with Crippen molar-refractivity contribution in [2.24, 2.45) is 5.16 Å². The quantitative estimate of drug-likeness (QED) is 0.0535. The van der Waals surface area contributed by atoms with Crippen LogP contribution in [-0.4, -0.2) is 95.5 Å². The lowest BCUT2D eigenvalue weighted by Gasteiger charge is -2.49. The van der Waals surface area contributed by atoms with Gasteiger partial charge < -0.3 is 41.2 Å². The van der Waals surface area contributed by atoms with Crippen molar-refractivity contribution >= 4 is 80.9 Å². The third kappa shape index (κ3) is 6.69. The number of phenolic OH excluding ortho intramolecular Hbond substituents is 2. The standard InChI is InChI=1S/C32H30ClN7O10S2/c1-2-20(30(46)47)50-37-22(16-13-52-32(34)35-16)26(43)36-23-28(45)40-24(31(48)49)14(12-51-29(23)40)11-38-9-3-6-18-17(38)5-4-10-39(18)27(44)15-7-8-19(41)25(42)21(15)33/h3,6-9,13,20,23,29H,2,4-5,10-12H2,1H3,(H6-,34,35,36,37,41,42,43,44,46,47,48,49)/p+1/t20-,23+,29+/m0/s1. The van der Waals surface area contributed by atoms with E-state index >= 15 is 0 Å². The molecule has 1 saturated heterocycles. The summed E-state index contributed by atoms with van der Waals surface area (Å²) in [6, 6.07) is 4.81. The minimum absolute atomic E-state index is 0.00127. The highest BCUT2D eigenvalue weighted by atomic mass is 35.5. The van der Waals surface area contributed by atoms with Crippen molar-refractivity contribution < 1.29 is 53.8 Å². The van der Waals surface area contributed by atoms with Crippen LogP contribution in [0, 0.1) is 0 Å². The number of nitrogens with zero attached hydrogens (tertiary/aromatic N) is 5. The molecular formula is C32H31ClN7O10S2+. The molecule has 3 aliphatic heterocycles. The number of carboxylic acids is 2. The number of aliphatic carboxylic acids is 2. The Bertz CT molecular complexity index is 2070. The zero-order valence-electron chi connectivity index (χ0n) is 27.2. The maximum atomic E-state index is 13.6. The first-order chi connectivity index (χ1) is 24.8. The number of nitrogen functional groups attached to an aromatic ring is 1. The Morgan fingerprint density at radius 3 is 2.67 bits per heavy atom. The van der Waals surface area contributed by atoms with Crippen LogP contribution in [0.15, 0.2) is 52.3 Å². The Hall–Kier alpha value is -5.40. The van der Waals surface area contributed by atoms with Gasteiger partial charge in [-0.2, -0.15) is 4.57 Å². The first-order valence-electron chi connectivity index (χ1n) is 15.7. The molecule has 272 valence electrons. The number of rotatable bonds is 11. The number of pyridine rings is 1. The molecule has 0 spiro atoms. The molecule has 3 aromatic rings. The Kier molecular flexibility index (Phi) is 10.3. The number of carboxylic acid groups (broad SMARTS) is 2. The molecule has 3 aliphatic rings. The van der Waals surface area contributed by atoms with Gasteiger partial charge in [0.05, 0.1) is 10.6 Å². The average molecular weight is 773 g/mol. The van der Waals surface area contributed by atoms with E-state index in [4.69, 9.17) is 22.2 Å². The summed E-state index contributed by atoms with van der Waals surface area (Å²) in [5.41, 5.74) is 6.80. The number of halogens is 1. The molecule has 6 rings (SSSR count). The molecular weight excluding hydrogens is 742 g/mol. The molecule has 5 heterocycles. The normalized spacial score (nSPS) is 19.0. The van der Waals surface area contributed by atoms with Gasteiger partial charge in [-0.05, 0) is 31.0 Å².